The van der Waals surface area contributed by atoms with E-state index in [4.69, 9.17) is 26.0 Å². The van der Waals surface area contributed by atoms with Crippen LogP contribution >= 0.6 is 11.3 Å². The molecule has 1 aliphatic heterocycles. The van der Waals surface area contributed by atoms with Crippen LogP contribution in [0.25, 0.3) is 27.9 Å². The van der Waals surface area contributed by atoms with Gasteiger partial charge in [0.25, 0.3) is 17.6 Å². The second-order valence-electron chi connectivity index (χ2n) is 11.6. The number of piperidine rings is 1. The van der Waals surface area contributed by atoms with Gasteiger partial charge in [-0.25, -0.2) is 9.97 Å². The average Bonchev–Trinajstić information content (AvgIpc) is 3.87. The lowest BCUT2D eigenvalue weighted by molar-refractivity contribution is -0.126. The number of nitrogens with zero attached hydrogens (tertiary/aromatic N) is 4. The number of Topliss-reactive ketones (excluding diaryl/α,β-unsaturated/α-hetero) is 1. The normalized spacial score (nSPS) is 12.4. The maximum absolute atomic E-state index is 13.7. The van der Waals surface area contributed by atoms with Gasteiger partial charge in [-0.05, 0) is 24.0 Å². The number of likely N-dealkylation sites (tertiary alicyclic amines) is 1. The van der Waals surface area contributed by atoms with Crippen molar-refractivity contribution in [3.05, 3.63) is 69.8 Å². The molecule has 16 heteroatoms. The fourth-order valence-electron chi connectivity index (χ4n) is 5.68. The number of hydrogen-bond donors (Lipinski definition) is 5. The molecule has 15 nitrogen and oxygen atoms in total. The number of amides is 2. The number of rotatable bonds is 16. The molecular formula is C37H39N9O6S. The Morgan fingerprint density at radius 3 is 2.53 bits per heavy atom. The molecule has 3 aromatic heterocycles. The molecule has 1 fully saturated rings. The molecular weight excluding hydrogens is 699 g/mol. The zero-order valence-electron chi connectivity index (χ0n) is 29.1. The highest BCUT2D eigenvalue weighted by Crippen LogP contribution is 2.35. The van der Waals surface area contributed by atoms with E-state index in [0.29, 0.717) is 92.5 Å². The molecule has 2 amide bonds. The van der Waals surface area contributed by atoms with Gasteiger partial charge < -0.3 is 40.0 Å². The van der Waals surface area contributed by atoms with E-state index in [0.717, 1.165) is 22.5 Å². The monoisotopic (exact) mass is 737 g/mol. The number of H-pyrrole nitrogens is 1. The van der Waals surface area contributed by atoms with E-state index < -0.39 is 17.6 Å². The summed E-state index contributed by atoms with van der Waals surface area (Å²) in [5.41, 5.74) is 3.74. The second-order valence-corrected chi connectivity index (χ2v) is 12.5. The van der Waals surface area contributed by atoms with Gasteiger partial charge in [-0.3, -0.25) is 19.8 Å². The highest BCUT2D eigenvalue weighted by molar-refractivity contribution is 7.12. The highest BCUT2D eigenvalue weighted by atomic mass is 32.1. The molecule has 53 heavy (non-hydrogen) atoms. The Bertz CT molecular complexity index is 2050. The molecule has 0 aliphatic carbocycles. The summed E-state index contributed by atoms with van der Waals surface area (Å²) >= 11 is 1.13. The van der Waals surface area contributed by atoms with Crippen LogP contribution in [0.4, 0.5) is 0 Å². The van der Waals surface area contributed by atoms with Crippen molar-refractivity contribution in [2.24, 2.45) is 0 Å². The van der Waals surface area contributed by atoms with Crippen molar-refractivity contribution < 1.29 is 28.6 Å². The molecule has 0 atom stereocenters. The molecule has 4 heterocycles. The van der Waals surface area contributed by atoms with Crippen molar-refractivity contribution in [1.82, 2.24) is 35.8 Å². The zero-order chi connectivity index (χ0) is 37.6. The minimum absolute atomic E-state index is 0.0957. The maximum Gasteiger partial charge on any atom is 0.295 e. The van der Waals surface area contributed by atoms with Gasteiger partial charge in [0.2, 0.25) is 0 Å². The number of carbonyl (C=O) groups excluding carboxylic acids is 3. The zero-order valence-corrected chi connectivity index (χ0v) is 29.9. The number of aromatic nitrogens is 3. The molecule has 0 spiro atoms. The van der Waals surface area contributed by atoms with Crippen LogP contribution in [0.3, 0.4) is 0 Å². The summed E-state index contributed by atoms with van der Waals surface area (Å²) in [5.74, 6) is 1.02. The third-order valence-corrected chi connectivity index (χ3v) is 9.12. The fourth-order valence-corrected chi connectivity index (χ4v) is 6.39. The van der Waals surface area contributed by atoms with E-state index in [-0.39, 0.29) is 29.7 Å². The van der Waals surface area contributed by atoms with E-state index in [1.165, 1.54) is 24.4 Å². The van der Waals surface area contributed by atoms with Crippen LogP contribution in [0.15, 0.2) is 53.7 Å². The molecule has 0 bridgehead atoms. The van der Waals surface area contributed by atoms with E-state index in [2.05, 4.69) is 42.9 Å². The van der Waals surface area contributed by atoms with Crippen molar-refractivity contribution in [3.63, 3.8) is 0 Å². The Labute approximate surface area is 310 Å². The van der Waals surface area contributed by atoms with Crippen LogP contribution in [-0.2, 0) is 14.3 Å². The number of fused-ring (bicyclic) bond motifs is 1. The predicted octanol–water partition coefficient (Wildman–Crippen LogP) is 2.99. The number of benzene rings is 1. The van der Waals surface area contributed by atoms with Crippen molar-refractivity contribution in [3.8, 4) is 35.6 Å². The van der Waals surface area contributed by atoms with Crippen LogP contribution < -0.4 is 20.7 Å². The quantitative estimate of drug-likeness (QED) is 0.0215. The average molecular weight is 738 g/mol. The van der Waals surface area contributed by atoms with Crippen LogP contribution in [0.1, 0.15) is 38.6 Å². The van der Waals surface area contributed by atoms with Gasteiger partial charge >= 0.3 is 0 Å². The first-order chi connectivity index (χ1) is 25.9. The van der Waals surface area contributed by atoms with Gasteiger partial charge in [-0.2, -0.15) is 5.26 Å². The van der Waals surface area contributed by atoms with E-state index >= 15 is 0 Å². The van der Waals surface area contributed by atoms with E-state index in [9.17, 15) is 19.6 Å². The molecule has 274 valence electrons. The number of ketones is 1. The fraction of sp³-hybridized carbons (Fsp3) is 0.324. The van der Waals surface area contributed by atoms with Gasteiger partial charge in [0, 0.05) is 44.3 Å². The van der Waals surface area contributed by atoms with E-state index in [1.807, 2.05) is 30.3 Å². The summed E-state index contributed by atoms with van der Waals surface area (Å²) in [6.45, 7) is 3.02. The first kappa shape index (κ1) is 38.2. The number of hydrogen-bond acceptors (Lipinski definition) is 11. The maximum atomic E-state index is 13.7. The largest absolute Gasteiger partial charge is 0.494 e. The number of terminal acetylenes is 1. The van der Waals surface area contributed by atoms with Crippen molar-refractivity contribution in [1.29, 1.82) is 10.7 Å². The number of pyridine rings is 1. The molecule has 1 aliphatic rings. The number of ether oxygens (including phenoxy) is 3. The van der Waals surface area contributed by atoms with Crippen LogP contribution in [0.5, 0.6) is 5.75 Å². The molecule has 5 rings (SSSR count). The lowest BCUT2D eigenvalue weighted by Crippen LogP contribution is -2.41. The molecule has 1 aromatic carbocycles. The topological polar surface area (TPSA) is 207 Å². The molecule has 1 saturated heterocycles. The Balaban J connectivity index is 1.16. The highest BCUT2D eigenvalue weighted by Gasteiger charge is 2.30. The van der Waals surface area contributed by atoms with E-state index in [1.54, 1.807) is 5.38 Å². The lowest BCUT2D eigenvalue weighted by atomic mass is 9.93. The summed E-state index contributed by atoms with van der Waals surface area (Å²) < 4.78 is 16.0. The Kier molecular flexibility index (Phi) is 13.7. The number of methoxy groups -OCH3 is 1. The Morgan fingerprint density at radius 1 is 1.06 bits per heavy atom. The summed E-state index contributed by atoms with van der Waals surface area (Å²) in [6, 6.07) is 11.7. The molecule has 4 aromatic rings. The van der Waals surface area contributed by atoms with Crippen molar-refractivity contribution in [2.75, 3.05) is 66.3 Å². The molecule has 0 radical (unpaired) electrons. The number of nitrogens with one attached hydrogen (secondary N) is 5. The van der Waals surface area contributed by atoms with Crippen LogP contribution in [-0.4, -0.2) is 110 Å². The first-order valence-electron chi connectivity index (χ1n) is 16.8. The number of aromatic amines is 1. The third kappa shape index (κ3) is 9.63. The van der Waals surface area contributed by atoms with Gasteiger partial charge in [0.15, 0.2) is 11.0 Å². The van der Waals surface area contributed by atoms with Gasteiger partial charge in [-0.1, -0.05) is 36.3 Å². The van der Waals surface area contributed by atoms with Crippen LogP contribution in [0.2, 0.25) is 0 Å². The van der Waals surface area contributed by atoms with Crippen LogP contribution in [0, 0.1) is 29.1 Å². The third-order valence-electron chi connectivity index (χ3n) is 8.27. The summed E-state index contributed by atoms with van der Waals surface area (Å²) in [5, 5.41) is 28.5. The Hall–Kier alpha value is -6.07. The van der Waals surface area contributed by atoms with Crippen molar-refractivity contribution in [2.45, 2.75) is 12.8 Å². The molecule has 5 N–H and O–H groups in total. The predicted molar refractivity (Wildman–Crippen MR) is 199 cm³/mol. The minimum atomic E-state index is -0.701. The number of guanidine groups is 1. The number of nitriles is 1. The second kappa shape index (κ2) is 19.0. The SMILES string of the molecule is C#CCOCCOCCNC(=N)NCCNC(=O)c1nc(-c2ncc(OC)c3c(C(=O)C(=O)N4CCC(=C(C#N)c5ccccc5)CC4)c[nH]c23)cs1. The number of thiazole rings is 1. The number of allylic oxidation sites excluding steroid dienone is 1. The summed E-state index contributed by atoms with van der Waals surface area (Å²) in [4.78, 5) is 53.5. The summed E-state index contributed by atoms with van der Waals surface area (Å²) in [6.07, 6.45) is 8.99. The van der Waals surface area contributed by atoms with Gasteiger partial charge in [0.1, 0.15) is 23.7 Å². The number of carbonyl (C=O) groups is 3. The first-order valence-corrected chi connectivity index (χ1v) is 17.7. The van der Waals surface area contributed by atoms with Gasteiger partial charge in [0.05, 0.1) is 61.2 Å². The Morgan fingerprint density at radius 2 is 1.79 bits per heavy atom. The minimum Gasteiger partial charge on any atom is -0.494 e. The standard InChI is InChI=1S/C37H39N9O6S/c1-3-16-51-18-19-52-17-13-42-37(39)41-12-11-40-34(48)35-45-28(23-53-35)31-32-30(29(50-2)22-44-31)27(21-43-32)33(47)36(49)46-14-9-25(10-15-46)26(20-38)24-7-5-4-6-8-24/h1,4-8,21-23,43H,9-19H2,2H3,(H,40,48)(H3,39,41,42). The van der Waals surface area contributed by atoms with Gasteiger partial charge in [-0.15, -0.1) is 17.8 Å². The molecule has 0 saturated carbocycles. The smallest absolute Gasteiger partial charge is 0.295 e. The lowest BCUT2D eigenvalue weighted by Gasteiger charge is -2.28. The molecule has 0 unspecified atom stereocenters. The van der Waals surface area contributed by atoms with Crippen molar-refractivity contribution >= 4 is 51.4 Å². The summed E-state index contributed by atoms with van der Waals surface area (Å²) in [7, 11) is 1.45.